The van der Waals surface area contributed by atoms with Crippen LogP contribution in [-0.4, -0.2) is 20.2 Å². The van der Waals surface area contributed by atoms with Crippen LogP contribution in [0, 0.1) is 5.92 Å². The summed E-state index contributed by atoms with van der Waals surface area (Å²) in [5, 5.41) is 3.40. The minimum atomic E-state index is 0.735. The van der Waals surface area contributed by atoms with Gasteiger partial charge in [-0.1, -0.05) is 30.8 Å². The molecule has 0 amide bonds. The van der Waals surface area contributed by atoms with E-state index in [0.717, 1.165) is 17.2 Å². The van der Waals surface area contributed by atoms with Crippen LogP contribution in [0.15, 0.2) is 30.8 Å². The van der Waals surface area contributed by atoms with Crippen molar-refractivity contribution in [3.8, 4) is 0 Å². The molecule has 1 aliphatic rings. The average Bonchev–Trinajstić information content (AvgIpc) is 2.40. The Bertz CT molecular complexity index is 363. The average molecular weight is 231 g/mol. The smallest absolute Gasteiger partial charge is 0.118 e. The third kappa shape index (κ3) is 3.34. The van der Waals surface area contributed by atoms with E-state index in [1.54, 1.807) is 7.11 Å². The maximum atomic E-state index is 5.12. The van der Waals surface area contributed by atoms with Crippen molar-refractivity contribution in [1.82, 2.24) is 5.32 Å². The van der Waals surface area contributed by atoms with E-state index in [9.17, 15) is 0 Å². The van der Waals surface area contributed by atoms with Crippen LogP contribution in [0.5, 0.6) is 0 Å². The van der Waals surface area contributed by atoms with Crippen molar-refractivity contribution in [2.75, 3.05) is 20.2 Å². The maximum absolute atomic E-state index is 5.12. The van der Waals surface area contributed by atoms with Crippen LogP contribution >= 0.6 is 0 Å². The van der Waals surface area contributed by atoms with Gasteiger partial charge in [0, 0.05) is 5.56 Å². The van der Waals surface area contributed by atoms with Crippen LogP contribution in [0.25, 0.3) is 5.76 Å². The summed E-state index contributed by atoms with van der Waals surface area (Å²) < 4.78 is 5.12. The third-order valence-corrected chi connectivity index (χ3v) is 3.51. The van der Waals surface area contributed by atoms with Crippen molar-refractivity contribution >= 4 is 5.76 Å². The Morgan fingerprint density at radius 2 is 1.94 bits per heavy atom. The first kappa shape index (κ1) is 12.2. The summed E-state index contributed by atoms with van der Waals surface area (Å²) in [4.78, 5) is 0. The summed E-state index contributed by atoms with van der Waals surface area (Å²) in [6.45, 7) is 6.20. The van der Waals surface area contributed by atoms with E-state index in [4.69, 9.17) is 4.74 Å². The summed E-state index contributed by atoms with van der Waals surface area (Å²) in [5.41, 5.74) is 2.49. The first-order valence-corrected chi connectivity index (χ1v) is 6.32. The molecule has 0 bridgehead atoms. The molecule has 0 aromatic heterocycles. The van der Waals surface area contributed by atoms with Crippen molar-refractivity contribution in [3.63, 3.8) is 0 Å². The number of hydrogen-bond donors (Lipinski definition) is 1. The number of benzene rings is 1. The maximum Gasteiger partial charge on any atom is 0.118 e. The Morgan fingerprint density at radius 3 is 2.53 bits per heavy atom. The largest absolute Gasteiger partial charge is 0.497 e. The zero-order chi connectivity index (χ0) is 12.1. The van der Waals surface area contributed by atoms with Crippen LogP contribution in [0.1, 0.15) is 24.0 Å². The molecule has 1 aliphatic heterocycles. The van der Waals surface area contributed by atoms with E-state index >= 15 is 0 Å². The van der Waals surface area contributed by atoms with Crippen LogP contribution in [0.4, 0.5) is 0 Å². The minimum absolute atomic E-state index is 0.735. The fourth-order valence-corrected chi connectivity index (χ4v) is 2.36. The molecule has 1 fully saturated rings. The summed E-state index contributed by atoms with van der Waals surface area (Å²) in [7, 11) is 1.66. The van der Waals surface area contributed by atoms with Gasteiger partial charge in [0.2, 0.25) is 0 Å². The second-order valence-electron chi connectivity index (χ2n) is 4.72. The standard InChI is InChI=1S/C15H21NO/c1-12(17-2)15-5-3-13(4-6-15)11-14-7-9-16-10-8-14/h3-6,14,16H,1,7-11H2,2H3. The van der Waals surface area contributed by atoms with E-state index in [0.29, 0.717) is 0 Å². The number of rotatable bonds is 4. The van der Waals surface area contributed by atoms with Crippen LogP contribution in [0.3, 0.4) is 0 Å². The quantitative estimate of drug-likeness (QED) is 0.805. The normalized spacial score (nSPS) is 16.8. The molecule has 2 nitrogen and oxygen atoms in total. The molecule has 2 heteroatoms. The van der Waals surface area contributed by atoms with Gasteiger partial charge in [0.25, 0.3) is 0 Å². The lowest BCUT2D eigenvalue weighted by molar-refractivity contribution is 0.370. The lowest BCUT2D eigenvalue weighted by atomic mass is 9.91. The fourth-order valence-electron chi connectivity index (χ4n) is 2.36. The van der Waals surface area contributed by atoms with Gasteiger partial charge in [-0.15, -0.1) is 0 Å². The van der Waals surface area contributed by atoms with Gasteiger partial charge in [0.15, 0.2) is 0 Å². The second-order valence-corrected chi connectivity index (χ2v) is 4.72. The summed E-state index contributed by atoms with van der Waals surface area (Å²) >= 11 is 0. The predicted molar refractivity (Wildman–Crippen MR) is 71.8 cm³/mol. The molecular formula is C15H21NO. The van der Waals surface area contributed by atoms with Gasteiger partial charge in [-0.2, -0.15) is 0 Å². The van der Waals surface area contributed by atoms with Crippen LogP contribution < -0.4 is 5.32 Å². The highest BCUT2D eigenvalue weighted by molar-refractivity contribution is 5.57. The molecule has 2 rings (SSSR count). The first-order chi connectivity index (χ1) is 8.29. The van der Waals surface area contributed by atoms with Gasteiger partial charge in [0.05, 0.1) is 7.11 Å². The van der Waals surface area contributed by atoms with Gasteiger partial charge in [-0.25, -0.2) is 0 Å². The predicted octanol–water partition coefficient (Wildman–Crippen LogP) is 2.85. The molecule has 0 aliphatic carbocycles. The molecule has 0 radical (unpaired) electrons. The molecule has 0 unspecified atom stereocenters. The monoisotopic (exact) mass is 231 g/mol. The van der Waals surface area contributed by atoms with Gasteiger partial charge in [0.1, 0.15) is 5.76 Å². The number of ether oxygens (including phenoxy) is 1. The molecule has 1 heterocycles. The van der Waals surface area contributed by atoms with Crippen LogP contribution in [-0.2, 0) is 11.2 Å². The molecule has 0 atom stereocenters. The molecule has 92 valence electrons. The third-order valence-electron chi connectivity index (χ3n) is 3.51. The van der Waals surface area contributed by atoms with Gasteiger partial charge in [-0.3, -0.25) is 0 Å². The number of hydrogen-bond acceptors (Lipinski definition) is 2. The molecule has 1 aromatic carbocycles. The fraction of sp³-hybridized carbons (Fsp3) is 0.467. The van der Waals surface area contributed by atoms with Crippen molar-refractivity contribution in [2.45, 2.75) is 19.3 Å². The highest BCUT2D eigenvalue weighted by Crippen LogP contribution is 2.20. The van der Waals surface area contributed by atoms with E-state index < -0.39 is 0 Å². The molecule has 0 spiro atoms. The molecule has 1 aromatic rings. The van der Waals surface area contributed by atoms with Crippen molar-refractivity contribution in [3.05, 3.63) is 42.0 Å². The number of piperidine rings is 1. The Kier molecular flexibility index (Phi) is 4.21. The molecule has 1 N–H and O–H groups in total. The zero-order valence-electron chi connectivity index (χ0n) is 10.5. The van der Waals surface area contributed by atoms with Gasteiger partial charge in [-0.05, 0) is 43.8 Å². The van der Waals surface area contributed by atoms with E-state index in [2.05, 4.69) is 36.2 Å². The Balaban J connectivity index is 1.95. The molecule has 17 heavy (non-hydrogen) atoms. The van der Waals surface area contributed by atoms with E-state index in [-0.39, 0.29) is 0 Å². The van der Waals surface area contributed by atoms with Crippen molar-refractivity contribution in [2.24, 2.45) is 5.92 Å². The number of nitrogens with one attached hydrogen (secondary N) is 1. The minimum Gasteiger partial charge on any atom is -0.497 e. The second kappa shape index (κ2) is 5.87. The Hall–Kier alpha value is -1.28. The first-order valence-electron chi connectivity index (χ1n) is 6.32. The highest BCUT2D eigenvalue weighted by Gasteiger charge is 2.13. The SMILES string of the molecule is C=C(OC)c1ccc(CC2CCNCC2)cc1. The molecule has 0 saturated carbocycles. The lowest BCUT2D eigenvalue weighted by Gasteiger charge is -2.22. The summed E-state index contributed by atoms with van der Waals surface area (Å²) in [5.74, 6) is 1.58. The topological polar surface area (TPSA) is 21.3 Å². The van der Waals surface area contributed by atoms with E-state index in [1.165, 1.54) is 37.9 Å². The van der Waals surface area contributed by atoms with Crippen molar-refractivity contribution in [1.29, 1.82) is 0 Å². The van der Waals surface area contributed by atoms with Gasteiger partial charge < -0.3 is 10.1 Å². The van der Waals surface area contributed by atoms with Gasteiger partial charge >= 0.3 is 0 Å². The van der Waals surface area contributed by atoms with Crippen LogP contribution in [0.2, 0.25) is 0 Å². The molecule has 1 saturated heterocycles. The lowest BCUT2D eigenvalue weighted by Crippen LogP contribution is -2.28. The highest BCUT2D eigenvalue weighted by atomic mass is 16.5. The zero-order valence-corrected chi connectivity index (χ0v) is 10.5. The van der Waals surface area contributed by atoms with Crippen molar-refractivity contribution < 1.29 is 4.74 Å². The molecular weight excluding hydrogens is 210 g/mol. The Labute approximate surface area is 104 Å². The van der Waals surface area contributed by atoms with E-state index in [1.807, 2.05) is 0 Å². The summed E-state index contributed by atoms with van der Waals surface area (Å²) in [6.07, 6.45) is 3.79. The summed E-state index contributed by atoms with van der Waals surface area (Å²) in [6, 6.07) is 8.59. The number of methoxy groups -OCH3 is 1. The Morgan fingerprint density at radius 1 is 1.29 bits per heavy atom.